The number of amides is 1. The van der Waals surface area contributed by atoms with E-state index < -0.39 is 0 Å². The van der Waals surface area contributed by atoms with E-state index in [1.165, 1.54) is 0 Å². The molecule has 0 aromatic carbocycles. The highest BCUT2D eigenvalue weighted by Crippen LogP contribution is 2.18. The molecule has 0 radical (unpaired) electrons. The Labute approximate surface area is 108 Å². The summed E-state index contributed by atoms with van der Waals surface area (Å²) in [6.45, 7) is 5.87. The molecule has 1 N–H and O–H groups in total. The molecule has 5 heteroatoms. The van der Waals surface area contributed by atoms with Crippen molar-refractivity contribution in [3.8, 4) is 0 Å². The van der Waals surface area contributed by atoms with E-state index >= 15 is 0 Å². The second-order valence-corrected chi connectivity index (χ2v) is 4.72. The summed E-state index contributed by atoms with van der Waals surface area (Å²) in [5.74, 6) is 0.720. The highest BCUT2D eigenvalue weighted by atomic mass is 16.2. The Bertz CT molecular complexity index is 404. The Morgan fingerprint density at radius 2 is 2.33 bits per heavy atom. The van der Waals surface area contributed by atoms with Crippen LogP contribution in [0.15, 0.2) is 12.1 Å². The van der Waals surface area contributed by atoms with Gasteiger partial charge in [0.1, 0.15) is 5.82 Å². The predicted molar refractivity (Wildman–Crippen MR) is 70.5 cm³/mol. The van der Waals surface area contributed by atoms with Crippen LogP contribution in [0.25, 0.3) is 0 Å². The van der Waals surface area contributed by atoms with Crippen LogP contribution in [-0.4, -0.2) is 40.1 Å². The van der Waals surface area contributed by atoms with Crippen molar-refractivity contribution in [2.24, 2.45) is 0 Å². The van der Waals surface area contributed by atoms with E-state index in [1.54, 1.807) is 6.07 Å². The zero-order valence-corrected chi connectivity index (χ0v) is 11.0. The number of hydrogen-bond acceptors (Lipinski definition) is 4. The third-order valence-corrected chi connectivity index (χ3v) is 3.25. The topological polar surface area (TPSA) is 58.1 Å². The molecule has 1 amide bonds. The van der Waals surface area contributed by atoms with Crippen LogP contribution in [0, 0.1) is 0 Å². The molecule has 0 saturated carbocycles. The van der Waals surface area contributed by atoms with E-state index in [9.17, 15) is 4.79 Å². The molecule has 1 aliphatic rings. The zero-order chi connectivity index (χ0) is 13.0. The largest absolute Gasteiger partial charge is 0.369 e. The molecule has 0 aliphatic carbocycles. The second kappa shape index (κ2) is 5.80. The predicted octanol–water partition coefficient (Wildman–Crippen LogP) is 1.92. The van der Waals surface area contributed by atoms with Gasteiger partial charge in [-0.3, -0.25) is 4.79 Å². The maximum atomic E-state index is 12.2. The first-order valence-electron chi connectivity index (χ1n) is 6.61. The van der Waals surface area contributed by atoms with Crippen molar-refractivity contribution >= 4 is 11.7 Å². The van der Waals surface area contributed by atoms with Crippen molar-refractivity contribution in [3.05, 3.63) is 17.8 Å². The fourth-order valence-electron chi connectivity index (χ4n) is 2.18. The molecule has 5 nitrogen and oxygen atoms in total. The summed E-state index contributed by atoms with van der Waals surface area (Å²) in [7, 11) is 0. The average molecular weight is 248 g/mol. The second-order valence-electron chi connectivity index (χ2n) is 4.72. The van der Waals surface area contributed by atoms with Crippen LogP contribution in [0.2, 0.25) is 0 Å². The van der Waals surface area contributed by atoms with Crippen molar-refractivity contribution in [3.63, 3.8) is 0 Å². The van der Waals surface area contributed by atoms with Gasteiger partial charge in [0.25, 0.3) is 5.91 Å². The third kappa shape index (κ3) is 2.78. The van der Waals surface area contributed by atoms with Gasteiger partial charge in [0.05, 0.1) is 0 Å². The van der Waals surface area contributed by atoms with Gasteiger partial charge in [0.2, 0.25) is 0 Å². The molecular weight excluding hydrogens is 228 g/mol. The zero-order valence-electron chi connectivity index (χ0n) is 11.0. The Hall–Kier alpha value is -1.65. The lowest BCUT2D eigenvalue weighted by atomic mass is 10.2. The average Bonchev–Trinajstić information content (AvgIpc) is 2.82. The SMILES string of the molecule is CCCNc1ccc(C(=O)N2CCCC2C)nn1. The molecule has 1 fully saturated rings. The van der Waals surface area contributed by atoms with Gasteiger partial charge in [-0.05, 0) is 38.3 Å². The third-order valence-electron chi connectivity index (χ3n) is 3.25. The van der Waals surface area contributed by atoms with Gasteiger partial charge in [-0.15, -0.1) is 10.2 Å². The van der Waals surface area contributed by atoms with Gasteiger partial charge in [0, 0.05) is 19.1 Å². The van der Waals surface area contributed by atoms with Crippen molar-refractivity contribution in [2.45, 2.75) is 39.2 Å². The lowest BCUT2D eigenvalue weighted by Crippen LogP contribution is -2.34. The number of hydrogen-bond donors (Lipinski definition) is 1. The van der Waals surface area contributed by atoms with Gasteiger partial charge in [-0.25, -0.2) is 0 Å². The van der Waals surface area contributed by atoms with Crippen LogP contribution in [-0.2, 0) is 0 Å². The van der Waals surface area contributed by atoms with Crippen molar-refractivity contribution in [2.75, 3.05) is 18.4 Å². The molecule has 0 spiro atoms. The summed E-state index contributed by atoms with van der Waals surface area (Å²) in [6, 6.07) is 3.88. The molecular formula is C13H20N4O. The van der Waals surface area contributed by atoms with E-state index in [1.807, 2.05) is 11.0 Å². The van der Waals surface area contributed by atoms with Crippen LogP contribution in [0.4, 0.5) is 5.82 Å². The van der Waals surface area contributed by atoms with Gasteiger partial charge in [-0.2, -0.15) is 0 Å². The van der Waals surface area contributed by atoms with Crippen LogP contribution >= 0.6 is 0 Å². The maximum Gasteiger partial charge on any atom is 0.274 e. The summed E-state index contributed by atoms with van der Waals surface area (Å²) in [5.41, 5.74) is 0.436. The molecule has 2 rings (SSSR count). The number of carbonyl (C=O) groups is 1. The molecule has 1 aromatic heterocycles. The van der Waals surface area contributed by atoms with E-state index in [0.717, 1.165) is 38.2 Å². The van der Waals surface area contributed by atoms with Crippen LogP contribution in [0.1, 0.15) is 43.6 Å². The van der Waals surface area contributed by atoms with E-state index in [4.69, 9.17) is 0 Å². The fourth-order valence-corrected chi connectivity index (χ4v) is 2.18. The molecule has 1 aromatic rings. The van der Waals surface area contributed by atoms with Gasteiger partial charge in [0.15, 0.2) is 5.69 Å². The minimum atomic E-state index is -0.00505. The van der Waals surface area contributed by atoms with Crippen LogP contribution in [0.3, 0.4) is 0 Å². The highest BCUT2D eigenvalue weighted by molar-refractivity contribution is 5.92. The molecule has 18 heavy (non-hydrogen) atoms. The van der Waals surface area contributed by atoms with Crippen molar-refractivity contribution < 1.29 is 4.79 Å². The number of anilines is 1. The molecule has 1 aliphatic heterocycles. The summed E-state index contributed by atoms with van der Waals surface area (Å²) in [6.07, 6.45) is 3.19. The smallest absolute Gasteiger partial charge is 0.274 e. The van der Waals surface area contributed by atoms with Crippen LogP contribution in [0.5, 0.6) is 0 Å². The number of rotatable bonds is 4. The Morgan fingerprint density at radius 3 is 2.89 bits per heavy atom. The highest BCUT2D eigenvalue weighted by Gasteiger charge is 2.26. The monoisotopic (exact) mass is 248 g/mol. The lowest BCUT2D eigenvalue weighted by Gasteiger charge is -2.20. The Morgan fingerprint density at radius 1 is 1.50 bits per heavy atom. The number of carbonyl (C=O) groups excluding carboxylic acids is 1. The summed E-state index contributed by atoms with van der Waals surface area (Å²) >= 11 is 0. The number of aromatic nitrogens is 2. The number of nitrogens with zero attached hydrogens (tertiary/aromatic N) is 3. The quantitative estimate of drug-likeness (QED) is 0.884. The lowest BCUT2D eigenvalue weighted by molar-refractivity contribution is 0.0740. The van der Waals surface area contributed by atoms with Gasteiger partial charge >= 0.3 is 0 Å². The first-order chi connectivity index (χ1) is 8.72. The summed E-state index contributed by atoms with van der Waals surface area (Å²) in [5, 5.41) is 11.2. The van der Waals surface area contributed by atoms with E-state index in [-0.39, 0.29) is 5.91 Å². The molecule has 1 atom stereocenters. The van der Waals surface area contributed by atoms with Gasteiger partial charge in [-0.1, -0.05) is 6.92 Å². The van der Waals surface area contributed by atoms with Crippen molar-refractivity contribution in [1.29, 1.82) is 0 Å². The standard InChI is InChI=1S/C13H20N4O/c1-3-8-14-12-7-6-11(15-16-12)13(18)17-9-4-5-10(17)2/h6-7,10H,3-5,8-9H2,1-2H3,(H,14,16). The summed E-state index contributed by atoms with van der Waals surface area (Å²) in [4.78, 5) is 14.1. The minimum absolute atomic E-state index is 0.00505. The van der Waals surface area contributed by atoms with E-state index in [0.29, 0.717) is 11.7 Å². The number of nitrogens with one attached hydrogen (secondary N) is 1. The van der Waals surface area contributed by atoms with Crippen LogP contribution < -0.4 is 5.32 Å². The first-order valence-corrected chi connectivity index (χ1v) is 6.61. The summed E-state index contributed by atoms with van der Waals surface area (Å²) < 4.78 is 0. The normalized spacial score (nSPS) is 19.0. The molecule has 0 bridgehead atoms. The first kappa shape index (κ1) is 12.8. The molecule has 2 heterocycles. The van der Waals surface area contributed by atoms with Gasteiger partial charge < -0.3 is 10.2 Å². The van der Waals surface area contributed by atoms with E-state index in [2.05, 4.69) is 29.4 Å². The minimum Gasteiger partial charge on any atom is -0.369 e. The molecule has 1 saturated heterocycles. The molecule has 1 unspecified atom stereocenters. The fraction of sp³-hybridized carbons (Fsp3) is 0.615. The maximum absolute atomic E-state index is 12.2. The Balaban J connectivity index is 2.02. The molecule has 98 valence electrons. The number of likely N-dealkylation sites (tertiary alicyclic amines) is 1. The van der Waals surface area contributed by atoms with Crippen molar-refractivity contribution in [1.82, 2.24) is 15.1 Å². The Kier molecular flexibility index (Phi) is 4.12.